The zero-order valence-corrected chi connectivity index (χ0v) is 18.9. The molecule has 1 aromatic carbocycles. The Hall–Kier alpha value is -2.38. The molecule has 0 aliphatic carbocycles. The van der Waals surface area contributed by atoms with Gasteiger partial charge in [-0.05, 0) is 43.9 Å². The van der Waals surface area contributed by atoms with E-state index in [2.05, 4.69) is 35.9 Å². The number of aromatic amines is 1. The molecule has 0 radical (unpaired) electrons. The van der Waals surface area contributed by atoms with Gasteiger partial charge in [0, 0.05) is 63.1 Å². The Morgan fingerprint density at radius 3 is 2.45 bits per heavy atom. The van der Waals surface area contributed by atoms with Crippen molar-refractivity contribution in [2.45, 2.75) is 52.2 Å². The number of piperazine rings is 1. The van der Waals surface area contributed by atoms with Crippen LogP contribution in [0, 0.1) is 6.92 Å². The van der Waals surface area contributed by atoms with E-state index in [1.54, 1.807) is 6.92 Å². The molecule has 31 heavy (non-hydrogen) atoms. The SMILES string of the molecule is CCc1c(C(=O)N2CC[C@H](O)[C@@H](N3CCN(C(C)=O)CC3)CC2)[nH]c2ccc(C)cc12. The Balaban J connectivity index is 1.48. The number of likely N-dealkylation sites (tertiary alicyclic amines) is 1. The third-order valence-electron chi connectivity index (χ3n) is 6.98. The number of hydrogen-bond acceptors (Lipinski definition) is 4. The highest BCUT2D eigenvalue weighted by molar-refractivity contribution is 6.01. The number of nitrogens with zero attached hydrogens (tertiary/aromatic N) is 3. The summed E-state index contributed by atoms with van der Waals surface area (Å²) in [5, 5.41) is 12.0. The van der Waals surface area contributed by atoms with E-state index in [1.807, 2.05) is 15.9 Å². The van der Waals surface area contributed by atoms with Crippen LogP contribution < -0.4 is 0 Å². The van der Waals surface area contributed by atoms with Crippen molar-refractivity contribution in [3.05, 3.63) is 35.0 Å². The number of benzene rings is 1. The molecule has 2 aromatic rings. The van der Waals surface area contributed by atoms with Crippen LogP contribution in [0.2, 0.25) is 0 Å². The molecule has 2 saturated heterocycles. The van der Waals surface area contributed by atoms with Crippen molar-refractivity contribution in [3.8, 4) is 0 Å². The minimum atomic E-state index is -0.460. The quantitative estimate of drug-likeness (QED) is 0.788. The summed E-state index contributed by atoms with van der Waals surface area (Å²) in [5.41, 5.74) is 3.95. The molecule has 168 valence electrons. The molecule has 0 unspecified atom stereocenters. The Morgan fingerprint density at radius 1 is 1.06 bits per heavy atom. The molecule has 2 aliphatic heterocycles. The summed E-state index contributed by atoms with van der Waals surface area (Å²) in [6.07, 6.45) is 1.65. The van der Waals surface area contributed by atoms with Crippen LogP contribution in [0.4, 0.5) is 0 Å². The van der Waals surface area contributed by atoms with E-state index in [1.165, 1.54) is 5.56 Å². The average Bonchev–Trinajstić information content (AvgIpc) is 3.01. The molecule has 7 heteroatoms. The largest absolute Gasteiger partial charge is 0.391 e. The van der Waals surface area contributed by atoms with Gasteiger partial charge in [-0.2, -0.15) is 0 Å². The summed E-state index contributed by atoms with van der Waals surface area (Å²) in [7, 11) is 0. The van der Waals surface area contributed by atoms with E-state index in [-0.39, 0.29) is 17.9 Å². The Labute approximate surface area is 184 Å². The fourth-order valence-corrected chi connectivity index (χ4v) is 5.14. The van der Waals surface area contributed by atoms with Crippen molar-refractivity contribution in [2.24, 2.45) is 0 Å². The van der Waals surface area contributed by atoms with Gasteiger partial charge in [-0.3, -0.25) is 14.5 Å². The van der Waals surface area contributed by atoms with Crippen LogP contribution in [0.1, 0.15) is 48.3 Å². The molecule has 0 spiro atoms. The molecular formula is C24H34N4O3. The van der Waals surface area contributed by atoms with Crippen molar-refractivity contribution in [2.75, 3.05) is 39.3 Å². The third-order valence-corrected chi connectivity index (χ3v) is 6.98. The van der Waals surface area contributed by atoms with Gasteiger partial charge in [0.05, 0.1) is 6.10 Å². The molecular weight excluding hydrogens is 392 g/mol. The lowest BCUT2D eigenvalue weighted by Crippen LogP contribution is -2.54. The summed E-state index contributed by atoms with van der Waals surface area (Å²) in [4.78, 5) is 34.5. The average molecular weight is 427 g/mol. The van der Waals surface area contributed by atoms with Crippen LogP contribution in [0.15, 0.2) is 18.2 Å². The number of carbonyl (C=O) groups excluding carboxylic acids is 2. The van der Waals surface area contributed by atoms with Crippen LogP contribution in [0.5, 0.6) is 0 Å². The third kappa shape index (κ3) is 4.34. The minimum absolute atomic E-state index is 0.0277. The fraction of sp³-hybridized carbons (Fsp3) is 0.583. The van der Waals surface area contributed by atoms with Gasteiger partial charge in [-0.15, -0.1) is 0 Å². The van der Waals surface area contributed by atoms with Crippen molar-refractivity contribution in [1.82, 2.24) is 19.7 Å². The molecule has 0 bridgehead atoms. The second-order valence-corrected chi connectivity index (χ2v) is 8.93. The first-order chi connectivity index (χ1) is 14.9. The summed E-state index contributed by atoms with van der Waals surface area (Å²) in [6.45, 7) is 9.91. The molecule has 7 nitrogen and oxygen atoms in total. The highest BCUT2D eigenvalue weighted by Gasteiger charge is 2.34. The van der Waals surface area contributed by atoms with Gasteiger partial charge in [-0.25, -0.2) is 0 Å². The number of aliphatic hydroxyl groups excluding tert-OH is 1. The number of nitrogens with one attached hydrogen (secondary N) is 1. The molecule has 2 amide bonds. The standard InChI is InChI=1S/C24H34N4O3/c1-4-18-19-15-16(2)5-6-20(19)25-23(18)24(31)28-9-7-21(22(30)8-10-28)27-13-11-26(12-14-27)17(3)29/h5-6,15,21-22,25,30H,4,7-14H2,1-3H3/t21-,22-/m0/s1. The molecule has 0 saturated carbocycles. The maximum Gasteiger partial charge on any atom is 0.270 e. The lowest BCUT2D eigenvalue weighted by Gasteiger charge is -2.40. The number of amides is 2. The van der Waals surface area contributed by atoms with Crippen LogP contribution in [-0.4, -0.2) is 88.0 Å². The highest BCUT2D eigenvalue weighted by Crippen LogP contribution is 2.27. The maximum absolute atomic E-state index is 13.4. The normalized spacial score (nSPS) is 23.2. The molecule has 2 fully saturated rings. The monoisotopic (exact) mass is 426 g/mol. The summed E-state index contributed by atoms with van der Waals surface area (Å²) in [5.74, 6) is 0.137. The first kappa shape index (κ1) is 21.8. The van der Waals surface area contributed by atoms with Gasteiger partial charge in [0.15, 0.2) is 0 Å². The molecule has 2 atom stereocenters. The van der Waals surface area contributed by atoms with Gasteiger partial charge < -0.3 is 19.9 Å². The predicted molar refractivity (Wildman–Crippen MR) is 121 cm³/mol. The predicted octanol–water partition coefficient (Wildman–Crippen LogP) is 2.17. The molecule has 3 heterocycles. The second-order valence-electron chi connectivity index (χ2n) is 8.93. The lowest BCUT2D eigenvalue weighted by atomic mass is 10.0. The van der Waals surface area contributed by atoms with Crippen LogP contribution in [0.25, 0.3) is 10.9 Å². The number of H-pyrrole nitrogens is 1. The first-order valence-electron chi connectivity index (χ1n) is 11.5. The number of aromatic nitrogens is 1. The Morgan fingerprint density at radius 2 is 1.77 bits per heavy atom. The fourth-order valence-electron chi connectivity index (χ4n) is 5.14. The molecule has 2 N–H and O–H groups in total. The van der Waals surface area contributed by atoms with Crippen molar-refractivity contribution in [3.63, 3.8) is 0 Å². The molecule has 1 aromatic heterocycles. The number of aryl methyl sites for hydroxylation is 2. The minimum Gasteiger partial charge on any atom is -0.391 e. The van der Waals surface area contributed by atoms with E-state index in [0.29, 0.717) is 38.3 Å². The first-order valence-corrected chi connectivity index (χ1v) is 11.5. The van der Waals surface area contributed by atoms with Crippen LogP contribution in [0.3, 0.4) is 0 Å². The number of hydrogen-bond donors (Lipinski definition) is 2. The van der Waals surface area contributed by atoms with Crippen molar-refractivity contribution < 1.29 is 14.7 Å². The van der Waals surface area contributed by atoms with Gasteiger partial charge in [0.2, 0.25) is 5.91 Å². The second kappa shape index (κ2) is 9.01. The van der Waals surface area contributed by atoms with Crippen LogP contribution in [-0.2, 0) is 11.2 Å². The summed E-state index contributed by atoms with van der Waals surface area (Å²) >= 11 is 0. The van der Waals surface area contributed by atoms with E-state index in [4.69, 9.17) is 0 Å². The van der Waals surface area contributed by atoms with Crippen molar-refractivity contribution in [1.29, 1.82) is 0 Å². The van der Waals surface area contributed by atoms with Gasteiger partial charge in [-0.1, -0.05) is 18.6 Å². The summed E-state index contributed by atoms with van der Waals surface area (Å²) < 4.78 is 0. The van der Waals surface area contributed by atoms with E-state index < -0.39 is 6.10 Å². The Bertz CT molecular complexity index is 961. The van der Waals surface area contributed by atoms with E-state index >= 15 is 0 Å². The van der Waals surface area contributed by atoms with E-state index in [9.17, 15) is 14.7 Å². The smallest absolute Gasteiger partial charge is 0.270 e. The zero-order valence-electron chi connectivity index (χ0n) is 18.9. The number of rotatable bonds is 3. The van der Waals surface area contributed by atoms with Gasteiger partial charge in [0.25, 0.3) is 5.91 Å². The van der Waals surface area contributed by atoms with Crippen molar-refractivity contribution >= 4 is 22.7 Å². The topological polar surface area (TPSA) is 79.9 Å². The molecule has 4 rings (SSSR count). The summed E-state index contributed by atoms with van der Waals surface area (Å²) in [6, 6.07) is 6.28. The number of carbonyl (C=O) groups is 2. The van der Waals surface area contributed by atoms with E-state index in [0.717, 1.165) is 42.4 Å². The van der Waals surface area contributed by atoms with Gasteiger partial charge in [0.1, 0.15) is 5.69 Å². The highest BCUT2D eigenvalue weighted by atomic mass is 16.3. The Kier molecular flexibility index (Phi) is 6.34. The number of fused-ring (bicyclic) bond motifs is 1. The number of aliphatic hydroxyl groups is 1. The van der Waals surface area contributed by atoms with Crippen LogP contribution >= 0.6 is 0 Å². The lowest BCUT2D eigenvalue weighted by molar-refractivity contribution is -0.131. The van der Waals surface area contributed by atoms with Gasteiger partial charge >= 0.3 is 0 Å². The molecule has 2 aliphatic rings. The maximum atomic E-state index is 13.4. The zero-order chi connectivity index (χ0) is 22.1.